The normalized spacial score (nSPS) is 15.8. The molecule has 1 aromatic carbocycles. The number of hydrogen-bond donors (Lipinski definition) is 1. The minimum absolute atomic E-state index is 0.0403. The number of imidazole rings is 1. The van der Waals surface area contributed by atoms with Crippen LogP contribution in [0.5, 0.6) is 0 Å². The van der Waals surface area contributed by atoms with Crippen molar-refractivity contribution < 1.29 is 21.9 Å². The third-order valence-corrected chi connectivity index (χ3v) is 9.63. The third-order valence-electron chi connectivity index (χ3n) is 7.49. The summed E-state index contributed by atoms with van der Waals surface area (Å²) in [6, 6.07) is 6.69. The summed E-state index contributed by atoms with van der Waals surface area (Å²) in [5.74, 6) is -0.455. The van der Waals surface area contributed by atoms with Crippen molar-refractivity contribution in [3.63, 3.8) is 0 Å². The lowest BCUT2D eigenvalue weighted by Crippen LogP contribution is -2.20. The molecule has 1 fully saturated rings. The van der Waals surface area contributed by atoms with Gasteiger partial charge in [-0.3, -0.25) is 14.5 Å². The second-order valence-corrected chi connectivity index (χ2v) is 13.7. The average molecular weight is 640 g/mol. The van der Waals surface area contributed by atoms with E-state index in [0.717, 1.165) is 36.2 Å². The number of benzene rings is 1. The Morgan fingerprint density at radius 3 is 2.52 bits per heavy atom. The molecule has 5 heterocycles. The van der Waals surface area contributed by atoms with Crippen LogP contribution >= 0.6 is 11.3 Å². The average Bonchev–Trinajstić information content (AvgIpc) is 3.59. The van der Waals surface area contributed by atoms with Crippen molar-refractivity contribution in [1.29, 1.82) is 0 Å². The standard InChI is InChI=1S/C30H31F2N7O3S2/c1-16-15-43-30(34-16)19-8-9-22(24(11-19)44(4,40)41)37-23-13-20(12-21-14-33-17(2)18(3)35-21)36-28-26(23)38-29(27(31)32)39(28)25-7-5-6-10-42-25/h8-9,11,13-15,25,27H,5-7,10,12H2,1-4H3,(H,36,37). The predicted octanol–water partition coefficient (Wildman–Crippen LogP) is 6.64. The van der Waals surface area contributed by atoms with Crippen LogP contribution in [0, 0.1) is 20.8 Å². The van der Waals surface area contributed by atoms with Crippen molar-refractivity contribution in [2.45, 2.75) is 64.0 Å². The monoisotopic (exact) mass is 639 g/mol. The smallest absolute Gasteiger partial charge is 0.295 e. The summed E-state index contributed by atoms with van der Waals surface area (Å²) in [6.07, 6.45) is 1.72. The largest absolute Gasteiger partial charge is 0.358 e. The zero-order valence-electron chi connectivity index (χ0n) is 24.6. The highest BCUT2D eigenvalue weighted by molar-refractivity contribution is 7.90. The molecule has 5 aromatic rings. The maximum atomic E-state index is 14.4. The van der Waals surface area contributed by atoms with Crippen LogP contribution in [0.15, 0.2) is 40.7 Å². The van der Waals surface area contributed by atoms with Gasteiger partial charge in [0.05, 0.1) is 39.0 Å². The van der Waals surface area contributed by atoms with Gasteiger partial charge in [-0.25, -0.2) is 32.2 Å². The van der Waals surface area contributed by atoms with Crippen LogP contribution in [0.1, 0.15) is 66.2 Å². The van der Waals surface area contributed by atoms with Crippen LogP contribution in [-0.2, 0) is 21.0 Å². The molecule has 1 unspecified atom stereocenters. The van der Waals surface area contributed by atoms with Gasteiger partial charge in [-0.15, -0.1) is 11.3 Å². The molecule has 14 heteroatoms. The summed E-state index contributed by atoms with van der Waals surface area (Å²) in [7, 11) is -3.72. The van der Waals surface area contributed by atoms with Crippen molar-refractivity contribution in [2.24, 2.45) is 0 Å². The zero-order valence-corrected chi connectivity index (χ0v) is 26.3. The Morgan fingerprint density at radius 2 is 1.86 bits per heavy atom. The summed E-state index contributed by atoms with van der Waals surface area (Å²) < 4.78 is 62.2. The number of halogens is 2. The van der Waals surface area contributed by atoms with E-state index in [-0.39, 0.29) is 28.2 Å². The number of fused-ring (bicyclic) bond motifs is 1. The molecular formula is C30H31F2N7O3S2. The molecule has 6 rings (SSSR count). The first-order valence-corrected chi connectivity index (χ1v) is 16.9. The Hall–Kier alpha value is -3.88. The van der Waals surface area contributed by atoms with E-state index in [2.05, 4.69) is 25.3 Å². The number of aromatic nitrogens is 6. The van der Waals surface area contributed by atoms with Crippen LogP contribution in [0.4, 0.5) is 20.2 Å². The Kier molecular flexibility index (Phi) is 8.16. The van der Waals surface area contributed by atoms with Gasteiger partial charge in [0.1, 0.15) is 16.8 Å². The molecule has 1 saturated heterocycles. The van der Waals surface area contributed by atoms with E-state index < -0.39 is 28.3 Å². The van der Waals surface area contributed by atoms with E-state index >= 15 is 0 Å². The fourth-order valence-electron chi connectivity index (χ4n) is 5.24. The zero-order chi connectivity index (χ0) is 31.2. The summed E-state index contributed by atoms with van der Waals surface area (Å²) in [5.41, 5.74) is 5.25. The molecule has 0 spiro atoms. The van der Waals surface area contributed by atoms with Gasteiger partial charge in [-0.05, 0) is 64.3 Å². The number of sulfone groups is 1. The number of pyridine rings is 1. The SMILES string of the molecule is Cc1csc(-c2ccc(Nc3cc(Cc4cnc(C)c(C)n4)nc4c3nc(C(F)F)n4C3CCCCO3)c(S(C)(=O)=O)c2)n1. The van der Waals surface area contributed by atoms with Crippen LogP contribution < -0.4 is 5.32 Å². The van der Waals surface area contributed by atoms with Crippen LogP contribution in [0.2, 0.25) is 0 Å². The van der Waals surface area contributed by atoms with E-state index in [1.165, 1.54) is 15.9 Å². The highest BCUT2D eigenvalue weighted by atomic mass is 32.2. The number of rotatable bonds is 8. The van der Waals surface area contributed by atoms with Crippen molar-refractivity contribution in [3.8, 4) is 10.6 Å². The molecule has 0 radical (unpaired) electrons. The fraction of sp³-hybridized carbons (Fsp3) is 0.367. The lowest BCUT2D eigenvalue weighted by Gasteiger charge is -2.25. The lowest BCUT2D eigenvalue weighted by atomic mass is 10.1. The molecule has 0 amide bonds. The molecule has 0 aliphatic carbocycles. The molecule has 10 nitrogen and oxygen atoms in total. The second kappa shape index (κ2) is 11.9. The number of alkyl halides is 2. The minimum atomic E-state index is -3.72. The summed E-state index contributed by atoms with van der Waals surface area (Å²) in [4.78, 5) is 22.7. The van der Waals surface area contributed by atoms with E-state index in [0.29, 0.717) is 40.7 Å². The van der Waals surface area contributed by atoms with Gasteiger partial charge in [0.2, 0.25) is 0 Å². The maximum absolute atomic E-state index is 14.4. The number of nitrogens with zero attached hydrogens (tertiary/aromatic N) is 6. The van der Waals surface area contributed by atoms with Gasteiger partial charge in [0.25, 0.3) is 6.43 Å². The molecule has 0 saturated carbocycles. The maximum Gasteiger partial charge on any atom is 0.295 e. The van der Waals surface area contributed by atoms with Crippen LogP contribution in [0.25, 0.3) is 21.7 Å². The van der Waals surface area contributed by atoms with E-state index in [1.807, 2.05) is 26.2 Å². The molecule has 1 aliphatic rings. The third kappa shape index (κ3) is 6.06. The summed E-state index contributed by atoms with van der Waals surface area (Å²) in [6.45, 7) is 6.05. The Morgan fingerprint density at radius 1 is 1.05 bits per heavy atom. The molecule has 44 heavy (non-hydrogen) atoms. The Labute approximate surface area is 257 Å². The van der Waals surface area contributed by atoms with Crippen molar-refractivity contribution in [2.75, 3.05) is 18.2 Å². The van der Waals surface area contributed by atoms with Crippen LogP contribution in [-0.4, -0.2) is 50.8 Å². The molecule has 230 valence electrons. The molecule has 4 aromatic heterocycles. The molecule has 0 bridgehead atoms. The molecular weight excluding hydrogens is 609 g/mol. The van der Waals surface area contributed by atoms with E-state index in [9.17, 15) is 17.2 Å². The number of hydrogen-bond acceptors (Lipinski definition) is 10. The number of aryl methyl sites for hydroxylation is 3. The van der Waals surface area contributed by atoms with E-state index in [4.69, 9.17) is 9.72 Å². The van der Waals surface area contributed by atoms with Gasteiger partial charge in [0.15, 0.2) is 21.3 Å². The first kappa shape index (κ1) is 30.2. The number of thiazole rings is 1. The lowest BCUT2D eigenvalue weighted by molar-refractivity contribution is -0.0363. The van der Waals surface area contributed by atoms with Gasteiger partial charge < -0.3 is 10.1 Å². The quantitative estimate of drug-likeness (QED) is 0.199. The first-order valence-electron chi connectivity index (χ1n) is 14.1. The molecule has 1 aliphatic heterocycles. The Balaban J connectivity index is 1.52. The highest BCUT2D eigenvalue weighted by Gasteiger charge is 2.29. The van der Waals surface area contributed by atoms with Gasteiger partial charge in [0, 0.05) is 42.1 Å². The molecule has 1 atom stereocenters. The fourth-order valence-corrected chi connectivity index (χ4v) is 6.89. The number of ether oxygens (including phenoxy) is 1. The summed E-state index contributed by atoms with van der Waals surface area (Å²) >= 11 is 1.42. The van der Waals surface area contributed by atoms with Crippen molar-refractivity contribution >= 4 is 43.7 Å². The minimum Gasteiger partial charge on any atom is -0.358 e. The van der Waals surface area contributed by atoms with E-state index in [1.54, 1.807) is 30.5 Å². The van der Waals surface area contributed by atoms with Gasteiger partial charge in [-0.2, -0.15) is 0 Å². The topological polar surface area (TPSA) is 125 Å². The first-order chi connectivity index (χ1) is 21.0. The highest BCUT2D eigenvalue weighted by Crippen LogP contribution is 2.38. The summed E-state index contributed by atoms with van der Waals surface area (Å²) in [5, 5.41) is 5.78. The van der Waals surface area contributed by atoms with Crippen LogP contribution in [0.3, 0.4) is 0 Å². The molecule has 1 N–H and O–H groups in total. The van der Waals surface area contributed by atoms with Gasteiger partial charge >= 0.3 is 0 Å². The van der Waals surface area contributed by atoms with Gasteiger partial charge in [-0.1, -0.05) is 0 Å². The Bertz CT molecular complexity index is 1970. The van der Waals surface area contributed by atoms with Crippen molar-refractivity contribution in [1.82, 2.24) is 29.5 Å². The second-order valence-electron chi connectivity index (χ2n) is 10.9. The van der Waals surface area contributed by atoms with Crippen molar-refractivity contribution in [3.05, 3.63) is 70.1 Å². The predicted molar refractivity (Wildman–Crippen MR) is 164 cm³/mol. The number of nitrogens with one attached hydrogen (secondary N) is 1. The number of anilines is 2.